The number of nitrogens with one attached hydrogen (secondary N) is 1. The maximum Gasteiger partial charge on any atom is 0.325 e. The van der Waals surface area contributed by atoms with Crippen molar-refractivity contribution < 1.29 is 19.1 Å². The normalized spacial score (nSPS) is 10.0. The lowest BCUT2D eigenvalue weighted by Gasteiger charge is -2.09. The van der Waals surface area contributed by atoms with Gasteiger partial charge in [-0.1, -0.05) is 0 Å². The number of rotatable bonds is 5. The molecule has 0 aliphatic carbocycles. The van der Waals surface area contributed by atoms with Crippen LogP contribution < -0.4 is 10.1 Å². The Morgan fingerprint density at radius 3 is 2.78 bits per heavy atom. The highest BCUT2D eigenvalue weighted by Gasteiger charge is 2.14. The molecule has 0 spiro atoms. The molecule has 0 aliphatic heterocycles. The van der Waals surface area contributed by atoms with Crippen molar-refractivity contribution in [3.8, 4) is 5.75 Å². The van der Waals surface area contributed by atoms with Gasteiger partial charge in [0.2, 0.25) is 0 Å². The van der Waals surface area contributed by atoms with E-state index >= 15 is 0 Å². The molecule has 18 heavy (non-hydrogen) atoms. The van der Waals surface area contributed by atoms with Crippen LogP contribution in [0, 0.1) is 0 Å². The number of carbonyl (C=O) groups excluding carboxylic acids is 2. The summed E-state index contributed by atoms with van der Waals surface area (Å²) in [5.41, 5.74) is 0.136. The Morgan fingerprint density at radius 2 is 2.17 bits per heavy atom. The lowest BCUT2D eigenvalue weighted by molar-refractivity contribution is -0.146. The first kappa shape index (κ1) is 14.0. The van der Waals surface area contributed by atoms with Crippen LogP contribution in [0.1, 0.15) is 24.3 Å². The fraction of sp³-hybridized carbons (Fsp3) is 0.417. The molecule has 0 saturated carbocycles. The van der Waals surface area contributed by atoms with E-state index in [0.717, 1.165) is 0 Å². The molecule has 1 aromatic heterocycles. The molecule has 0 bridgehead atoms. The van der Waals surface area contributed by atoms with Crippen LogP contribution in [0.25, 0.3) is 0 Å². The van der Waals surface area contributed by atoms with Gasteiger partial charge in [-0.2, -0.15) is 0 Å². The first-order chi connectivity index (χ1) is 8.54. The van der Waals surface area contributed by atoms with Crippen LogP contribution in [0.3, 0.4) is 0 Å². The van der Waals surface area contributed by atoms with Crippen molar-refractivity contribution in [3.05, 3.63) is 24.0 Å². The number of hydrogen-bond donors (Lipinski definition) is 1. The lowest BCUT2D eigenvalue weighted by atomic mass is 10.3. The number of esters is 1. The van der Waals surface area contributed by atoms with E-state index in [1.807, 2.05) is 0 Å². The molecule has 1 heterocycles. The second-order valence-corrected chi connectivity index (χ2v) is 3.78. The van der Waals surface area contributed by atoms with Gasteiger partial charge in [-0.05, 0) is 26.0 Å². The molecule has 0 radical (unpaired) electrons. The van der Waals surface area contributed by atoms with Gasteiger partial charge in [-0.3, -0.25) is 9.59 Å². The number of aromatic nitrogens is 1. The number of nitrogens with zero attached hydrogens (tertiary/aromatic N) is 1. The molecule has 0 atom stereocenters. The van der Waals surface area contributed by atoms with E-state index in [1.165, 1.54) is 13.3 Å². The van der Waals surface area contributed by atoms with E-state index in [1.54, 1.807) is 26.0 Å². The molecule has 0 aromatic carbocycles. The zero-order valence-electron chi connectivity index (χ0n) is 10.6. The third-order valence-electron chi connectivity index (χ3n) is 1.97. The Hall–Kier alpha value is -2.11. The Kier molecular flexibility index (Phi) is 5.10. The van der Waals surface area contributed by atoms with Crippen molar-refractivity contribution in [3.63, 3.8) is 0 Å². The summed E-state index contributed by atoms with van der Waals surface area (Å²) in [4.78, 5) is 26.9. The van der Waals surface area contributed by atoms with Crippen molar-refractivity contribution >= 4 is 11.9 Å². The third kappa shape index (κ3) is 4.04. The van der Waals surface area contributed by atoms with E-state index in [2.05, 4.69) is 10.3 Å². The van der Waals surface area contributed by atoms with Crippen molar-refractivity contribution in [2.24, 2.45) is 0 Å². The highest BCUT2D eigenvalue weighted by atomic mass is 16.5. The quantitative estimate of drug-likeness (QED) is 0.783. The first-order valence-electron chi connectivity index (χ1n) is 5.51. The number of amides is 1. The number of carbonyl (C=O) groups is 2. The van der Waals surface area contributed by atoms with Crippen LogP contribution in [-0.4, -0.2) is 36.6 Å². The smallest absolute Gasteiger partial charge is 0.325 e. The second kappa shape index (κ2) is 6.58. The highest BCUT2D eigenvalue weighted by molar-refractivity contribution is 5.96. The summed E-state index contributed by atoms with van der Waals surface area (Å²) in [6, 6.07) is 3.27. The maximum absolute atomic E-state index is 11.8. The molecule has 0 aliphatic rings. The third-order valence-corrected chi connectivity index (χ3v) is 1.97. The Morgan fingerprint density at radius 1 is 1.44 bits per heavy atom. The maximum atomic E-state index is 11.8. The van der Waals surface area contributed by atoms with E-state index in [9.17, 15) is 9.59 Å². The molecule has 1 N–H and O–H groups in total. The summed E-state index contributed by atoms with van der Waals surface area (Å²) in [5, 5.41) is 2.42. The van der Waals surface area contributed by atoms with Crippen LogP contribution in [0.5, 0.6) is 5.75 Å². The average molecular weight is 252 g/mol. The standard InChI is InChI=1S/C12H16N2O4/c1-8(2)18-10(15)7-14-12(16)11-9(17-3)5-4-6-13-11/h4-6,8H,7H2,1-3H3,(H,14,16). The van der Waals surface area contributed by atoms with Gasteiger partial charge in [-0.25, -0.2) is 4.98 Å². The van der Waals surface area contributed by atoms with Crippen LogP contribution in [0.2, 0.25) is 0 Å². The van der Waals surface area contributed by atoms with Gasteiger partial charge in [-0.15, -0.1) is 0 Å². The minimum atomic E-state index is -0.492. The first-order valence-corrected chi connectivity index (χ1v) is 5.51. The zero-order valence-corrected chi connectivity index (χ0v) is 10.6. The van der Waals surface area contributed by atoms with Crippen LogP contribution in [0.15, 0.2) is 18.3 Å². The molecule has 1 amide bonds. The van der Waals surface area contributed by atoms with E-state index in [-0.39, 0.29) is 18.3 Å². The van der Waals surface area contributed by atoms with Crippen molar-refractivity contribution in [1.29, 1.82) is 0 Å². The van der Waals surface area contributed by atoms with Gasteiger partial charge in [0, 0.05) is 6.20 Å². The number of ether oxygens (including phenoxy) is 2. The van der Waals surface area contributed by atoms with Crippen molar-refractivity contribution in [1.82, 2.24) is 10.3 Å². The van der Waals surface area contributed by atoms with Gasteiger partial charge >= 0.3 is 5.97 Å². The molecule has 6 nitrogen and oxygen atoms in total. The van der Waals surface area contributed by atoms with Gasteiger partial charge in [0.05, 0.1) is 13.2 Å². The van der Waals surface area contributed by atoms with Gasteiger partial charge in [0.25, 0.3) is 5.91 Å². The molecule has 1 rings (SSSR count). The highest BCUT2D eigenvalue weighted by Crippen LogP contribution is 2.13. The molecule has 6 heteroatoms. The number of pyridine rings is 1. The van der Waals surface area contributed by atoms with Gasteiger partial charge in [0.15, 0.2) is 5.69 Å². The molecule has 0 saturated heterocycles. The minimum absolute atomic E-state index is 0.136. The topological polar surface area (TPSA) is 77.5 Å². The average Bonchev–Trinajstić information content (AvgIpc) is 2.35. The predicted molar refractivity (Wildman–Crippen MR) is 64.4 cm³/mol. The molecule has 1 aromatic rings. The fourth-order valence-electron chi connectivity index (χ4n) is 1.27. The Bertz CT molecular complexity index is 432. The van der Waals surface area contributed by atoms with Gasteiger partial charge in [0.1, 0.15) is 12.3 Å². The monoisotopic (exact) mass is 252 g/mol. The summed E-state index contributed by atoms with van der Waals surface area (Å²) in [5.74, 6) is -0.617. The summed E-state index contributed by atoms with van der Waals surface area (Å²) in [6.07, 6.45) is 1.27. The molecular weight excluding hydrogens is 236 g/mol. The largest absolute Gasteiger partial charge is 0.494 e. The molecular formula is C12H16N2O4. The zero-order chi connectivity index (χ0) is 13.5. The van der Waals surface area contributed by atoms with Crippen molar-refractivity contribution in [2.45, 2.75) is 20.0 Å². The molecule has 98 valence electrons. The lowest BCUT2D eigenvalue weighted by Crippen LogP contribution is -2.32. The number of hydrogen-bond acceptors (Lipinski definition) is 5. The van der Waals surface area contributed by atoms with Crippen LogP contribution >= 0.6 is 0 Å². The predicted octanol–water partition coefficient (Wildman–Crippen LogP) is 0.772. The minimum Gasteiger partial charge on any atom is -0.494 e. The summed E-state index contributed by atoms with van der Waals surface area (Å²) >= 11 is 0. The van der Waals surface area contributed by atoms with E-state index < -0.39 is 11.9 Å². The summed E-state index contributed by atoms with van der Waals surface area (Å²) < 4.78 is 9.89. The Balaban J connectivity index is 2.58. The van der Waals surface area contributed by atoms with Gasteiger partial charge < -0.3 is 14.8 Å². The van der Waals surface area contributed by atoms with Crippen LogP contribution in [0.4, 0.5) is 0 Å². The molecule has 0 fully saturated rings. The van der Waals surface area contributed by atoms with Crippen molar-refractivity contribution in [2.75, 3.05) is 13.7 Å². The van der Waals surface area contributed by atoms with E-state index in [0.29, 0.717) is 5.75 Å². The number of methoxy groups -OCH3 is 1. The molecule has 0 unspecified atom stereocenters. The second-order valence-electron chi connectivity index (χ2n) is 3.78. The SMILES string of the molecule is COc1cccnc1C(=O)NCC(=O)OC(C)C. The summed E-state index contributed by atoms with van der Waals surface area (Å²) in [7, 11) is 1.45. The summed E-state index contributed by atoms with van der Waals surface area (Å²) in [6.45, 7) is 3.28. The fourth-order valence-corrected chi connectivity index (χ4v) is 1.27. The Labute approximate surface area is 105 Å². The van der Waals surface area contributed by atoms with Crippen LogP contribution in [-0.2, 0) is 9.53 Å². The van der Waals surface area contributed by atoms with E-state index in [4.69, 9.17) is 9.47 Å².